The summed E-state index contributed by atoms with van der Waals surface area (Å²) in [6.45, 7) is 0.678. The van der Waals surface area contributed by atoms with Crippen molar-refractivity contribution in [3.05, 3.63) is 29.3 Å². The van der Waals surface area contributed by atoms with Crippen molar-refractivity contribution >= 4 is 21.9 Å². The van der Waals surface area contributed by atoms with Crippen molar-refractivity contribution in [3.8, 4) is 0 Å². The standard InChI is InChI=1S/C15H19F3N2O5S/c1-10-3-4-11(2)12(7-10)26(23,24)20-6-5-14(22)25-8-13(21)19-9-15(16,17)18/h3-4,7,20H,5-6,8-9H2,1-2H3,(H,19,21). The lowest BCUT2D eigenvalue weighted by Crippen LogP contribution is -2.36. The van der Waals surface area contributed by atoms with Gasteiger partial charge >= 0.3 is 12.1 Å². The van der Waals surface area contributed by atoms with Crippen molar-refractivity contribution in [3.63, 3.8) is 0 Å². The van der Waals surface area contributed by atoms with Gasteiger partial charge in [0.1, 0.15) is 6.54 Å². The minimum absolute atomic E-state index is 0.0809. The molecule has 0 unspecified atom stereocenters. The first kappa shape index (κ1) is 21.9. The second-order valence-electron chi connectivity index (χ2n) is 5.47. The molecule has 0 aliphatic rings. The maximum atomic E-state index is 12.2. The number of amides is 1. The fourth-order valence-corrected chi connectivity index (χ4v) is 3.19. The molecule has 0 aliphatic carbocycles. The number of rotatable bonds is 8. The molecular formula is C15H19F3N2O5S. The molecule has 2 N–H and O–H groups in total. The molecule has 1 rings (SSSR count). The molecule has 0 spiro atoms. The Balaban J connectivity index is 2.41. The van der Waals surface area contributed by atoms with Crippen molar-refractivity contribution in [1.82, 2.24) is 10.0 Å². The first-order valence-corrected chi connectivity index (χ1v) is 8.95. The summed E-state index contributed by atoms with van der Waals surface area (Å²) in [6.07, 6.45) is -4.94. The number of hydrogen-bond acceptors (Lipinski definition) is 5. The van der Waals surface area contributed by atoms with Crippen molar-refractivity contribution in [2.24, 2.45) is 0 Å². The molecule has 0 radical (unpaired) electrons. The normalized spacial score (nSPS) is 11.9. The third kappa shape index (κ3) is 7.83. The van der Waals surface area contributed by atoms with Gasteiger partial charge in [0.15, 0.2) is 6.61 Å². The van der Waals surface area contributed by atoms with Gasteiger partial charge in [0.05, 0.1) is 11.3 Å². The van der Waals surface area contributed by atoms with E-state index >= 15 is 0 Å². The van der Waals surface area contributed by atoms with Crippen LogP contribution in [0.25, 0.3) is 0 Å². The Labute approximate surface area is 149 Å². The Morgan fingerprint density at radius 2 is 1.85 bits per heavy atom. The quantitative estimate of drug-likeness (QED) is 0.643. The van der Waals surface area contributed by atoms with E-state index in [0.29, 0.717) is 5.56 Å². The third-order valence-corrected chi connectivity index (χ3v) is 4.71. The molecule has 0 atom stereocenters. The number of ether oxygens (including phenoxy) is 1. The number of aryl methyl sites for hydroxylation is 2. The molecule has 1 aromatic carbocycles. The number of esters is 1. The van der Waals surface area contributed by atoms with E-state index in [4.69, 9.17) is 0 Å². The van der Waals surface area contributed by atoms with Crippen LogP contribution >= 0.6 is 0 Å². The van der Waals surface area contributed by atoms with Gasteiger partial charge in [-0.1, -0.05) is 12.1 Å². The van der Waals surface area contributed by atoms with E-state index in [2.05, 4.69) is 9.46 Å². The minimum atomic E-state index is -4.56. The lowest BCUT2D eigenvalue weighted by molar-refractivity contribution is -0.151. The maximum Gasteiger partial charge on any atom is 0.405 e. The number of alkyl halides is 3. The third-order valence-electron chi connectivity index (χ3n) is 3.10. The number of carbonyl (C=O) groups excluding carboxylic acids is 2. The number of carbonyl (C=O) groups is 2. The Hall–Kier alpha value is -2.14. The van der Waals surface area contributed by atoms with Gasteiger partial charge in [-0.3, -0.25) is 9.59 Å². The summed E-state index contributed by atoms with van der Waals surface area (Å²) in [7, 11) is -3.83. The highest BCUT2D eigenvalue weighted by molar-refractivity contribution is 7.89. The van der Waals surface area contributed by atoms with Gasteiger partial charge in [-0.25, -0.2) is 13.1 Å². The lowest BCUT2D eigenvalue weighted by Gasteiger charge is -2.10. The summed E-state index contributed by atoms with van der Waals surface area (Å²) in [5.74, 6) is -2.03. The molecule has 0 heterocycles. The molecule has 0 aliphatic heterocycles. The number of halogens is 3. The van der Waals surface area contributed by atoms with Crippen LogP contribution in [0, 0.1) is 13.8 Å². The van der Waals surface area contributed by atoms with Crippen LogP contribution in [0.1, 0.15) is 17.5 Å². The minimum Gasteiger partial charge on any atom is -0.456 e. The van der Waals surface area contributed by atoms with Crippen molar-refractivity contribution in [1.29, 1.82) is 0 Å². The van der Waals surface area contributed by atoms with Gasteiger partial charge in [-0.05, 0) is 31.0 Å². The summed E-state index contributed by atoms with van der Waals surface area (Å²) in [5, 5.41) is 1.54. The maximum absolute atomic E-state index is 12.2. The van der Waals surface area contributed by atoms with Crippen LogP contribution in [0.3, 0.4) is 0 Å². The average Bonchev–Trinajstić information content (AvgIpc) is 2.52. The molecule has 1 aromatic rings. The van der Waals surface area contributed by atoms with E-state index in [0.717, 1.165) is 5.56 Å². The van der Waals surface area contributed by atoms with Gasteiger partial charge in [0, 0.05) is 6.54 Å². The molecule has 0 fully saturated rings. The average molecular weight is 396 g/mol. The first-order chi connectivity index (χ1) is 11.9. The summed E-state index contributed by atoms with van der Waals surface area (Å²) >= 11 is 0. The van der Waals surface area contributed by atoms with Gasteiger partial charge in [-0.2, -0.15) is 13.2 Å². The second kappa shape index (κ2) is 8.99. The summed E-state index contributed by atoms with van der Waals surface area (Å²) < 4.78 is 66.8. The lowest BCUT2D eigenvalue weighted by atomic mass is 10.2. The molecule has 0 saturated heterocycles. The highest BCUT2D eigenvalue weighted by Gasteiger charge is 2.27. The molecule has 146 valence electrons. The van der Waals surface area contributed by atoms with E-state index < -0.39 is 41.2 Å². The zero-order valence-corrected chi connectivity index (χ0v) is 15.0. The first-order valence-electron chi connectivity index (χ1n) is 7.47. The predicted octanol–water partition coefficient (Wildman–Crippen LogP) is 1.19. The van der Waals surface area contributed by atoms with Crippen molar-refractivity contribution < 1.29 is 35.9 Å². The van der Waals surface area contributed by atoms with Crippen molar-refractivity contribution in [2.75, 3.05) is 19.7 Å². The number of sulfonamides is 1. The number of hydrogen-bond donors (Lipinski definition) is 2. The Kier molecular flexibility index (Phi) is 7.57. The highest BCUT2D eigenvalue weighted by Crippen LogP contribution is 2.16. The fourth-order valence-electron chi connectivity index (χ4n) is 1.83. The smallest absolute Gasteiger partial charge is 0.405 e. The predicted molar refractivity (Wildman–Crippen MR) is 85.7 cm³/mol. The van der Waals surface area contributed by atoms with Crippen LogP contribution in [-0.2, 0) is 24.3 Å². The Morgan fingerprint density at radius 3 is 2.46 bits per heavy atom. The van der Waals surface area contributed by atoms with Crippen LogP contribution in [0.5, 0.6) is 0 Å². The van der Waals surface area contributed by atoms with E-state index in [-0.39, 0.29) is 17.9 Å². The Bertz CT molecular complexity index is 763. The molecule has 0 aromatic heterocycles. The van der Waals surface area contributed by atoms with E-state index in [1.54, 1.807) is 26.0 Å². The summed E-state index contributed by atoms with van der Waals surface area (Å²) in [5.41, 5.74) is 1.28. The van der Waals surface area contributed by atoms with E-state index in [1.165, 1.54) is 11.4 Å². The fraction of sp³-hybridized carbons (Fsp3) is 0.467. The van der Waals surface area contributed by atoms with Gasteiger partial charge in [0.2, 0.25) is 10.0 Å². The molecule has 0 bridgehead atoms. The monoisotopic (exact) mass is 396 g/mol. The van der Waals surface area contributed by atoms with Gasteiger partial charge in [0.25, 0.3) is 5.91 Å². The molecular weight excluding hydrogens is 377 g/mol. The van der Waals surface area contributed by atoms with E-state index in [9.17, 15) is 31.2 Å². The van der Waals surface area contributed by atoms with Crippen LogP contribution in [-0.4, -0.2) is 46.2 Å². The molecule has 11 heteroatoms. The van der Waals surface area contributed by atoms with Crippen LogP contribution in [0.15, 0.2) is 23.1 Å². The van der Waals surface area contributed by atoms with Gasteiger partial charge in [-0.15, -0.1) is 0 Å². The summed E-state index contributed by atoms with van der Waals surface area (Å²) in [6, 6.07) is 4.90. The second-order valence-corrected chi connectivity index (χ2v) is 7.20. The van der Waals surface area contributed by atoms with E-state index in [1.807, 2.05) is 0 Å². The molecule has 26 heavy (non-hydrogen) atoms. The number of benzene rings is 1. The van der Waals surface area contributed by atoms with Crippen LogP contribution in [0.2, 0.25) is 0 Å². The SMILES string of the molecule is Cc1ccc(C)c(S(=O)(=O)NCCC(=O)OCC(=O)NCC(F)(F)F)c1. The molecule has 0 saturated carbocycles. The van der Waals surface area contributed by atoms with Crippen LogP contribution < -0.4 is 10.0 Å². The molecule has 7 nitrogen and oxygen atoms in total. The number of nitrogens with one attached hydrogen (secondary N) is 2. The zero-order valence-electron chi connectivity index (χ0n) is 14.1. The zero-order chi connectivity index (χ0) is 20.0. The molecule has 1 amide bonds. The summed E-state index contributed by atoms with van der Waals surface area (Å²) in [4.78, 5) is 22.6. The largest absolute Gasteiger partial charge is 0.456 e. The topological polar surface area (TPSA) is 102 Å². The van der Waals surface area contributed by atoms with Crippen molar-refractivity contribution in [2.45, 2.75) is 31.3 Å². The van der Waals surface area contributed by atoms with Crippen LogP contribution in [0.4, 0.5) is 13.2 Å². The highest BCUT2D eigenvalue weighted by atomic mass is 32.2. The van der Waals surface area contributed by atoms with Gasteiger partial charge < -0.3 is 10.1 Å². The Morgan fingerprint density at radius 1 is 1.19 bits per heavy atom.